The Hall–Kier alpha value is -1.20. The van der Waals surface area contributed by atoms with Gasteiger partial charge in [-0.3, -0.25) is 4.79 Å². The highest BCUT2D eigenvalue weighted by atomic mass is 79.9. The number of hydrogen-bond acceptors (Lipinski definition) is 2. The summed E-state index contributed by atoms with van der Waals surface area (Å²) in [5.74, 6) is -0.400. The van der Waals surface area contributed by atoms with Gasteiger partial charge in [-0.25, -0.2) is 4.39 Å². The SMILES string of the molecule is CC(C(=O)NCc1cc(F)ccc1Br)=C1CNC1. The van der Waals surface area contributed by atoms with Gasteiger partial charge in [-0.1, -0.05) is 15.9 Å². The van der Waals surface area contributed by atoms with Crippen LogP contribution in [0, 0.1) is 5.82 Å². The Balaban J connectivity index is 1.99. The summed E-state index contributed by atoms with van der Waals surface area (Å²) < 4.78 is 13.9. The highest BCUT2D eigenvalue weighted by molar-refractivity contribution is 9.10. The van der Waals surface area contributed by atoms with Gasteiger partial charge in [0, 0.05) is 29.7 Å². The number of carbonyl (C=O) groups is 1. The van der Waals surface area contributed by atoms with Crippen LogP contribution in [-0.4, -0.2) is 19.0 Å². The molecule has 96 valence electrons. The summed E-state index contributed by atoms with van der Waals surface area (Å²) in [4.78, 5) is 11.8. The average Bonchev–Trinajstić information content (AvgIpc) is 2.27. The lowest BCUT2D eigenvalue weighted by atomic mass is 10.0. The minimum Gasteiger partial charge on any atom is -0.348 e. The molecule has 3 nitrogen and oxygen atoms in total. The van der Waals surface area contributed by atoms with Gasteiger partial charge in [-0.15, -0.1) is 0 Å². The second-order valence-electron chi connectivity index (χ2n) is 4.25. The maximum Gasteiger partial charge on any atom is 0.247 e. The van der Waals surface area contributed by atoms with Gasteiger partial charge < -0.3 is 10.6 Å². The molecule has 1 aromatic rings. The molecule has 1 amide bonds. The Morgan fingerprint density at radius 1 is 1.50 bits per heavy atom. The molecule has 1 aliphatic rings. The van der Waals surface area contributed by atoms with Gasteiger partial charge in [0.05, 0.1) is 0 Å². The fourth-order valence-corrected chi connectivity index (χ4v) is 2.05. The van der Waals surface area contributed by atoms with Gasteiger partial charge in [0.25, 0.3) is 0 Å². The lowest BCUT2D eigenvalue weighted by Crippen LogP contribution is -2.37. The summed E-state index contributed by atoms with van der Waals surface area (Å²) in [6, 6.07) is 4.43. The van der Waals surface area contributed by atoms with Crippen molar-refractivity contribution >= 4 is 21.8 Å². The van der Waals surface area contributed by atoms with Crippen LogP contribution < -0.4 is 10.6 Å². The fraction of sp³-hybridized carbons (Fsp3) is 0.308. The fourth-order valence-electron chi connectivity index (χ4n) is 1.66. The minimum atomic E-state index is -0.305. The van der Waals surface area contributed by atoms with Crippen molar-refractivity contribution in [3.8, 4) is 0 Å². The van der Waals surface area contributed by atoms with Crippen molar-refractivity contribution in [1.29, 1.82) is 0 Å². The normalized spacial score (nSPS) is 14.1. The second kappa shape index (κ2) is 5.63. The molecule has 5 heteroatoms. The minimum absolute atomic E-state index is 0.0948. The first kappa shape index (κ1) is 13.2. The highest BCUT2D eigenvalue weighted by Gasteiger charge is 2.15. The summed E-state index contributed by atoms with van der Waals surface area (Å²) in [7, 11) is 0. The van der Waals surface area contributed by atoms with Crippen molar-refractivity contribution in [2.75, 3.05) is 13.1 Å². The predicted octanol–water partition coefficient (Wildman–Crippen LogP) is 2.12. The number of benzene rings is 1. The Labute approximate surface area is 114 Å². The van der Waals surface area contributed by atoms with E-state index in [1.165, 1.54) is 12.1 Å². The van der Waals surface area contributed by atoms with Gasteiger partial charge in [-0.05, 0) is 36.3 Å². The zero-order chi connectivity index (χ0) is 13.1. The van der Waals surface area contributed by atoms with Crippen LogP contribution in [0.1, 0.15) is 12.5 Å². The van der Waals surface area contributed by atoms with E-state index < -0.39 is 0 Å². The third-order valence-corrected chi connectivity index (χ3v) is 3.77. The van der Waals surface area contributed by atoms with Crippen molar-refractivity contribution in [2.24, 2.45) is 0 Å². The van der Waals surface area contributed by atoms with Gasteiger partial charge in [0.2, 0.25) is 5.91 Å². The highest BCUT2D eigenvalue weighted by Crippen LogP contribution is 2.18. The molecule has 0 aromatic heterocycles. The summed E-state index contributed by atoms with van der Waals surface area (Å²) in [5.41, 5.74) is 2.61. The van der Waals surface area contributed by atoms with E-state index in [-0.39, 0.29) is 11.7 Å². The zero-order valence-electron chi connectivity index (χ0n) is 10.0. The summed E-state index contributed by atoms with van der Waals surface area (Å²) in [6.45, 7) is 3.69. The van der Waals surface area contributed by atoms with Crippen LogP contribution in [0.4, 0.5) is 4.39 Å². The number of amides is 1. The molecule has 1 aliphatic heterocycles. The van der Waals surface area contributed by atoms with E-state index in [2.05, 4.69) is 26.6 Å². The predicted molar refractivity (Wildman–Crippen MR) is 71.5 cm³/mol. The third kappa shape index (κ3) is 2.97. The van der Waals surface area contributed by atoms with Crippen LogP contribution in [0.2, 0.25) is 0 Å². The molecule has 0 unspecified atom stereocenters. The molecule has 0 radical (unpaired) electrons. The number of halogens is 2. The molecule has 1 saturated heterocycles. The van der Waals surface area contributed by atoms with Crippen LogP contribution >= 0.6 is 15.9 Å². The largest absolute Gasteiger partial charge is 0.348 e. The number of rotatable bonds is 3. The lowest BCUT2D eigenvalue weighted by Gasteiger charge is -2.21. The van der Waals surface area contributed by atoms with Crippen LogP contribution in [0.25, 0.3) is 0 Å². The number of carbonyl (C=O) groups excluding carboxylic acids is 1. The standard InChI is InChI=1S/C13H14BrFN2O/c1-8(10-5-16-6-10)13(18)17-7-9-4-11(15)2-3-12(9)14/h2-4,16H,5-7H2,1H3,(H,17,18). The van der Waals surface area contributed by atoms with Crippen LogP contribution in [0.3, 0.4) is 0 Å². The molecule has 1 aromatic carbocycles. The molecular weight excluding hydrogens is 299 g/mol. The molecule has 0 bridgehead atoms. The molecule has 2 rings (SSSR count). The Bertz CT molecular complexity index is 508. The third-order valence-electron chi connectivity index (χ3n) is 2.99. The molecule has 18 heavy (non-hydrogen) atoms. The Kier molecular flexibility index (Phi) is 4.14. The van der Waals surface area contributed by atoms with Gasteiger partial charge in [0.1, 0.15) is 5.82 Å². The van der Waals surface area contributed by atoms with Crippen molar-refractivity contribution < 1.29 is 9.18 Å². The van der Waals surface area contributed by atoms with E-state index in [4.69, 9.17) is 0 Å². The first-order valence-corrected chi connectivity index (χ1v) is 6.48. The molecular formula is C13H14BrFN2O. The van der Waals surface area contributed by atoms with Gasteiger partial charge in [0.15, 0.2) is 0 Å². The Morgan fingerprint density at radius 2 is 2.22 bits per heavy atom. The van der Waals surface area contributed by atoms with Gasteiger partial charge >= 0.3 is 0 Å². The van der Waals surface area contributed by atoms with Crippen LogP contribution in [0.5, 0.6) is 0 Å². The van der Waals surface area contributed by atoms with E-state index in [0.29, 0.717) is 6.54 Å². The van der Waals surface area contributed by atoms with E-state index in [0.717, 1.165) is 34.3 Å². The van der Waals surface area contributed by atoms with Crippen LogP contribution in [-0.2, 0) is 11.3 Å². The number of hydrogen-bond donors (Lipinski definition) is 2. The van der Waals surface area contributed by atoms with Crippen molar-refractivity contribution in [3.63, 3.8) is 0 Å². The smallest absolute Gasteiger partial charge is 0.247 e. The van der Waals surface area contributed by atoms with Crippen LogP contribution in [0.15, 0.2) is 33.8 Å². The van der Waals surface area contributed by atoms with E-state index >= 15 is 0 Å². The quantitative estimate of drug-likeness (QED) is 0.840. The topological polar surface area (TPSA) is 41.1 Å². The van der Waals surface area contributed by atoms with Crippen molar-refractivity contribution in [2.45, 2.75) is 13.5 Å². The maximum absolute atomic E-state index is 13.1. The molecule has 1 heterocycles. The maximum atomic E-state index is 13.1. The molecule has 0 atom stereocenters. The molecule has 0 aliphatic carbocycles. The first-order chi connectivity index (χ1) is 8.58. The molecule has 2 N–H and O–H groups in total. The van der Waals surface area contributed by atoms with Crippen molar-refractivity contribution in [1.82, 2.24) is 10.6 Å². The van der Waals surface area contributed by atoms with Crippen molar-refractivity contribution in [3.05, 3.63) is 45.2 Å². The summed E-state index contributed by atoms with van der Waals surface area (Å²) >= 11 is 3.33. The molecule has 0 spiro atoms. The monoisotopic (exact) mass is 312 g/mol. The molecule has 1 fully saturated rings. The van der Waals surface area contributed by atoms with E-state index in [1.807, 2.05) is 6.92 Å². The summed E-state index contributed by atoms with van der Waals surface area (Å²) in [5, 5.41) is 5.89. The number of nitrogens with one attached hydrogen (secondary N) is 2. The molecule has 0 saturated carbocycles. The lowest BCUT2D eigenvalue weighted by molar-refractivity contribution is -0.117. The average molecular weight is 313 g/mol. The first-order valence-electron chi connectivity index (χ1n) is 5.69. The van der Waals surface area contributed by atoms with Gasteiger partial charge in [-0.2, -0.15) is 0 Å². The zero-order valence-corrected chi connectivity index (χ0v) is 11.6. The van der Waals surface area contributed by atoms with E-state index in [9.17, 15) is 9.18 Å². The Morgan fingerprint density at radius 3 is 2.83 bits per heavy atom. The second-order valence-corrected chi connectivity index (χ2v) is 5.10. The van der Waals surface area contributed by atoms with E-state index in [1.54, 1.807) is 6.07 Å². The summed E-state index contributed by atoms with van der Waals surface area (Å²) in [6.07, 6.45) is 0.